The summed E-state index contributed by atoms with van der Waals surface area (Å²) in [6.45, 7) is 5.73. The molecule has 110 valence electrons. The SMILES string of the molecule is CC(C)N1CCC(Nc2ccc(Cl)c(Br)c2)(C(N)=O)C1. The fraction of sp³-hybridized carbons (Fsp3) is 0.500. The summed E-state index contributed by atoms with van der Waals surface area (Å²) in [5.41, 5.74) is 5.77. The van der Waals surface area contributed by atoms with Crippen LogP contribution in [-0.4, -0.2) is 35.5 Å². The van der Waals surface area contributed by atoms with Crippen LogP contribution in [0.5, 0.6) is 0 Å². The van der Waals surface area contributed by atoms with Crippen molar-refractivity contribution in [3.8, 4) is 0 Å². The third-order valence-corrected chi connectivity index (χ3v) is 5.02. The highest BCUT2D eigenvalue weighted by atomic mass is 79.9. The molecule has 3 N–H and O–H groups in total. The van der Waals surface area contributed by atoms with Crippen molar-refractivity contribution in [3.05, 3.63) is 27.7 Å². The van der Waals surface area contributed by atoms with Crippen molar-refractivity contribution in [2.24, 2.45) is 5.73 Å². The number of anilines is 1. The second-order valence-corrected chi connectivity index (χ2v) is 6.78. The average molecular weight is 361 g/mol. The zero-order valence-electron chi connectivity index (χ0n) is 11.6. The summed E-state index contributed by atoms with van der Waals surface area (Å²) < 4.78 is 0.794. The van der Waals surface area contributed by atoms with Crippen molar-refractivity contribution in [3.63, 3.8) is 0 Å². The lowest BCUT2D eigenvalue weighted by atomic mass is 9.97. The number of amides is 1. The molecule has 1 aliphatic rings. The molecular weight excluding hydrogens is 342 g/mol. The van der Waals surface area contributed by atoms with Gasteiger partial charge in [0.25, 0.3) is 0 Å². The highest BCUT2D eigenvalue weighted by molar-refractivity contribution is 9.10. The summed E-state index contributed by atoms with van der Waals surface area (Å²) in [4.78, 5) is 14.2. The zero-order valence-corrected chi connectivity index (χ0v) is 14.0. The van der Waals surface area contributed by atoms with Gasteiger partial charge in [0, 0.05) is 29.3 Å². The number of hydrogen-bond donors (Lipinski definition) is 2. The Balaban J connectivity index is 2.22. The van der Waals surface area contributed by atoms with E-state index in [-0.39, 0.29) is 5.91 Å². The molecule has 0 aliphatic carbocycles. The van der Waals surface area contributed by atoms with E-state index in [1.165, 1.54) is 0 Å². The summed E-state index contributed by atoms with van der Waals surface area (Å²) in [6.07, 6.45) is 0.709. The van der Waals surface area contributed by atoms with Gasteiger partial charge in [-0.3, -0.25) is 9.69 Å². The number of carbonyl (C=O) groups is 1. The molecule has 1 fully saturated rings. The van der Waals surface area contributed by atoms with Gasteiger partial charge in [0.05, 0.1) is 5.02 Å². The van der Waals surface area contributed by atoms with Crippen LogP contribution in [0.15, 0.2) is 22.7 Å². The van der Waals surface area contributed by atoms with Crippen LogP contribution in [0, 0.1) is 0 Å². The van der Waals surface area contributed by atoms with Gasteiger partial charge >= 0.3 is 0 Å². The Kier molecular flexibility index (Phi) is 4.62. The van der Waals surface area contributed by atoms with Crippen molar-refractivity contribution >= 4 is 39.1 Å². The number of rotatable bonds is 4. The first kappa shape index (κ1) is 15.6. The fourth-order valence-electron chi connectivity index (χ4n) is 2.49. The minimum absolute atomic E-state index is 0.313. The molecule has 1 amide bonds. The van der Waals surface area contributed by atoms with Crippen molar-refractivity contribution in [1.29, 1.82) is 0 Å². The van der Waals surface area contributed by atoms with E-state index in [0.29, 0.717) is 24.0 Å². The smallest absolute Gasteiger partial charge is 0.244 e. The number of benzene rings is 1. The lowest BCUT2D eigenvalue weighted by Gasteiger charge is -2.29. The maximum absolute atomic E-state index is 11.9. The molecule has 0 bridgehead atoms. The lowest BCUT2D eigenvalue weighted by molar-refractivity contribution is -0.122. The Hall–Kier alpha value is -0.780. The van der Waals surface area contributed by atoms with Gasteiger partial charge < -0.3 is 11.1 Å². The number of hydrogen-bond acceptors (Lipinski definition) is 3. The van der Waals surface area contributed by atoms with Gasteiger partial charge in [0.1, 0.15) is 5.54 Å². The van der Waals surface area contributed by atoms with Gasteiger partial charge in [0.2, 0.25) is 5.91 Å². The molecule has 0 saturated carbocycles. The first-order valence-corrected chi connectivity index (χ1v) is 7.78. The van der Waals surface area contributed by atoms with E-state index in [0.717, 1.165) is 16.7 Å². The number of carbonyl (C=O) groups excluding carboxylic acids is 1. The van der Waals surface area contributed by atoms with Gasteiger partial charge in [0.15, 0.2) is 0 Å². The molecule has 0 aromatic heterocycles. The number of likely N-dealkylation sites (tertiary alicyclic amines) is 1. The van der Waals surface area contributed by atoms with Gasteiger partial charge in [-0.25, -0.2) is 0 Å². The highest BCUT2D eigenvalue weighted by Gasteiger charge is 2.43. The first-order chi connectivity index (χ1) is 9.34. The fourth-order valence-corrected chi connectivity index (χ4v) is 2.99. The molecule has 1 unspecified atom stereocenters. The summed E-state index contributed by atoms with van der Waals surface area (Å²) in [5, 5.41) is 3.94. The molecule has 1 atom stereocenters. The molecule has 0 spiro atoms. The number of nitrogens with one attached hydrogen (secondary N) is 1. The molecule has 6 heteroatoms. The second kappa shape index (κ2) is 5.92. The van der Waals surface area contributed by atoms with Gasteiger partial charge in [-0.1, -0.05) is 11.6 Å². The van der Waals surface area contributed by atoms with E-state index >= 15 is 0 Å². The van der Waals surface area contributed by atoms with Gasteiger partial charge in [-0.05, 0) is 54.4 Å². The predicted octanol–water partition coefficient (Wildman–Crippen LogP) is 2.85. The summed E-state index contributed by atoms with van der Waals surface area (Å²) in [6, 6.07) is 5.91. The minimum atomic E-state index is -0.711. The number of halogens is 2. The Morgan fingerprint density at radius 2 is 2.25 bits per heavy atom. The molecule has 4 nitrogen and oxygen atoms in total. The second-order valence-electron chi connectivity index (χ2n) is 5.51. The first-order valence-electron chi connectivity index (χ1n) is 6.61. The van der Waals surface area contributed by atoms with Crippen LogP contribution in [0.4, 0.5) is 5.69 Å². The standard InChI is InChI=1S/C14H19BrClN3O/c1-9(2)19-6-5-14(8-19,13(17)20)18-10-3-4-12(16)11(15)7-10/h3-4,7,9,18H,5-6,8H2,1-2H3,(H2,17,20). The molecule has 2 rings (SSSR count). The third-order valence-electron chi connectivity index (χ3n) is 3.80. The monoisotopic (exact) mass is 359 g/mol. The van der Waals surface area contributed by atoms with Crippen LogP contribution in [0.1, 0.15) is 20.3 Å². The third kappa shape index (κ3) is 3.10. The Morgan fingerprint density at radius 1 is 1.55 bits per heavy atom. The predicted molar refractivity (Wildman–Crippen MR) is 86.0 cm³/mol. The van der Waals surface area contributed by atoms with E-state index in [4.69, 9.17) is 17.3 Å². The van der Waals surface area contributed by atoms with E-state index in [1.807, 2.05) is 12.1 Å². The molecule has 1 aromatic carbocycles. The average Bonchev–Trinajstić information content (AvgIpc) is 2.80. The van der Waals surface area contributed by atoms with E-state index in [9.17, 15) is 4.79 Å². The Bertz CT molecular complexity index is 523. The van der Waals surface area contributed by atoms with Crippen LogP contribution < -0.4 is 11.1 Å². The largest absolute Gasteiger partial charge is 0.370 e. The van der Waals surface area contributed by atoms with Crippen LogP contribution in [0.2, 0.25) is 5.02 Å². The molecule has 1 aromatic rings. The summed E-state index contributed by atoms with van der Waals surface area (Å²) >= 11 is 9.37. The molecule has 20 heavy (non-hydrogen) atoms. The number of primary amides is 1. The quantitative estimate of drug-likeness (QED) is 0.868. The van der Waals surface area contributed by atoms with Crippen molar-refractivity contribution in [1.82, 2.24) is 4.90 Å². The maximum atomic E-state index is 11.9. The van der Waals surface area contributed by atoms with Crippen molar-refractivity contribution in [2.45, 2.75) is 31.8 Å². The van der Waals surface area contributed by atoms with Crippen molar-refractivity contribution < 1.29 is 4.79 Å². The van der Waals surface area contributed by atoms with Crippen molar-refractivity contribution in [2.75, 3.05) is 18.4 Å². The van der Waals surface area contributed by atoms with Crippen LogP contribution in [0.3, 0.4) is 0 Å². The van der Waals surface area contributed by atoms with E-state index in [1.54, 1.807) is 6.07 Å². The molecule has 1 saturated heterocycles. The summed E-state index contributed by atoms with van der Waals surface area (Å²) in [5.74, 6) is -0.313. The molecule has 1 heterocycles. The number of nitrogens with zero attached hydrogens (tertiary/aromatic N) is 1. The van der Waals surface area contributed by atoms with Crippen LogP contribution in [0.25, 0.3) is 0 Å². The van der Waals surface area contributed by atoms with E-state index < -0.39 is 5.54 Å². The Labute approximate surface area is 132 Å². The van der Waals surface area contributed by atoms with Gasteiger partial charge in [-0.2, -0.15) is 0 Å². The minimum Gasteiger partial charge on any atom is -0.370 e. The topological polar surface area (TPSA) is 58.4 Å². The van der Waals surface area contributed by atoms with E-state index in [2.05, 4.69) is 40.0 Å². The Morgan fingerprint density at radius 3 is 2.75 bits per heavy atom. The van der Waals surface area contributed by atoms with Gasteiger partial charge in [-0.15, -0.1) is 0 Å². The zero-order chi connectivity index (χ0) is 14.9. The van der Waals surface area contributed by atoms with Crippen LogP contribution in [-0.2, 0) is 4.79 Å². The van der Waals surface area contributed by atoms with Crippen LogP contribution >= 0.6 is 27.5 Å². The maximum Gasteiger partial charge on any atom is 0.244 e. The summed E-state index contributed by atoms with van der Waals surface area (Å²) in [7, 11) is 0. The normalized spacial score (nSPS) is 23.2. The molecular formula is C14H19BrClN3O. The molecule has 0 radical (unpaired) electrons. The lowest BCUT2D eigenvalue weighted by Crippen LogP contribution is -2.53. The molecule has 1 aliphatic heterocycles. The highest BCUT2D eigenvalue weighted by Crippen LogP contribution is 2.31. The number of nitrogens with two attached hydrogens (primary N) is 1.